The van der Waals surface area contributed by atoms with E-state index in [0.717, 1.165) is 0 Å². The van der Waals surface area contributed by atoms with Gasteiger partial charge in [0.1, 0.15) is 0 Å². The van der Waals surface area contributed by atoms with Gasteiger partial charge in [-0.15, -0.1) is 0 Å². The van der Waals surface area contributed by atoms with Crippen LogP contribution in [-0.2, 0) is 28.6 Å². The van der Waals surface area contributed by atoms with E-state index in [1.165, 1.54) is 14.2 Å². The van der Waals surface area contributed by atoms with E-state index in [1.807, 2.05) is 13.8 Å². The van der Waals surface area contributed by atoms with Gasteiger partial charge in [0.25, 0.3) is 0 Å². The van der Waals surface area contributed by atoms with E-state index in [1.54, 1.807) is 20.8 Å². The van der Waals surface area contributed by atoms with Gasteiger partial charge in [-0.3, -0.25) is 14.4 Å². The van der Waals surface area contributed by atoms with Crippen LogP contribution in [-0.4, -0.2) is 38.7 Å². The van der Waals surface area contributed by atoms with Crippen LogP contribution in [0.4, 0.5) is 0 Å². The van der Waals surface area contributed by atoms with Crippen molar-refractivity contribution in [1.82, 2.24) is 0 Å². The van der Waals surface area contributed by atoms with Crippen LogP contribution in [0.1, 0.15) is 47.5 Å². The molecule has 128 valence electrons. The lowest BCUT2D eigenvalue weighted by atomic mass is 9.74. The molecule has 0 saturated heterocycles. The van der Waals surface area contributed by atoms with Crippen molar-refractivity contribution in [1.29, 1.82) is 0 Å². The number of carbonyl (C=O) groups excluding carboxylic acids is 3. The molecule has 0 aromatic carbocycles. The molecule has 1 atom stereocenters. The van der Waals surface area contributed by atoms with Crippen LogP contribution in [0.5, 0.6) is 0 Å². The summed E-state index contributed by atoms with van der Waals surface area (Å²) in [7, 11) is 2.55. The molecule has 0 radical (unpaired) electrons. The Balaban J connectivity index is 4.79. The monoisotopic (exact) mass is 316 g/mol. The highest BCUT2D eigenvalue weighted by Gasteiger charge is 2.38. The summed E-state index contributed by atoms with van der Waals surface area (Å²) in [5, 5.41) is 0. The summed E-state index contributed by atoms with van der Waals surface area (Å²) in [6.07, 6.45) is 0.370. The van der Waals surface area contributed by atoms with Crippen LogP contribution in [0.3, 0.4) is 0 Å². The quantitative estimate of drug-likeness (QED) is 0.530. The summed E-state index contributed by atoms with van der Waals surface area (Å²) in [4.78, 5) is 35.2. The Labute approximate surface area is 132 Å². The number of rotatable bonds is 7. The molecule has 0 spiro atoms. The maximum absolute atomic E-state index is 11.9. The molecule has 0 aromatic heterocycles. The molecule has 0 aliphatic heterocycles. The number of methoxy groups -OCH3 is 2. The lowest BCUT2D eigenvalue weighted by Gasteiger charge is -2.32. The van der Waals surface area contributed by atoms with Gasteiger partial charge < -0.3 is 14.2 Å². The SMILES string of the molecule is COC(=O)CC(C(=O)OC)C(C)(C)CCOC(=O)C(C)(C)C. The minimum absolute atomic E-state index is 0.0661. The fraction of sp³-hybridized carbons (Fsp3) is 0.812. The Bertz CT molecular complexity index is 405. The van der Waals surface area contributed by atoms with E-state index in [4.69, 9.17) is 9.47 Å². The minimum Gasteiger partial charge on any atom is -0.469 e. The van der Waals surface area contributed by atoms with Crippen molar-refractivity contribution in [2.75, 3.05) is 20.8 Å². The number of hydrogen-bond donors (Lipinski definition) is 0. The number of esters is 3. The number of carbonyl (C=O) groups is 3. The third kappa shape index (κ3) is 6.45. The molecule has 22 heavy (non-hydrogen) atoms. The highest BCUT2D eigenvalue weighted by molar-refractivity contribution is 5.80. The van der Waals surface area contributed by atoms with Crippen molar-refractivity contribution in [3.63, 3.8) is 0 Å². The Morgan fingerprint density at radius 1 is 0.955 bits per heavy atom. The van der Waals surface area contributed by atoms with Gasteiger partial charge in [-0.1, -0.05) is 13.8 Å². The second kappa shape index (κ2) is 8.15. The van der Waals surface area contributed by atoms with Crippen molar-refractivity contribution >= 4 is 17.9 Å². The first kappa shape index (κ1) is 20.4. The summed E-state index contributed by atoms with van der Waals surface area (Å²) >= 11 is 0. The number of ether oxygens (including phenoxy) is 3. The summed E-state index contributed by atoms with van der Waals surface area (Å²) in [6.45, 7) is 9.17. The molecule has 6 heteroatoms. The highest BCUT2D eigenvalue weighted by atomic mass is 16.5. The zero-order chi connectivity index (χ0) is 17.6. The molecule has 0 aliphatic carbocycles. The van der Waals surface area contributed by atoms with Gasteiger partial charge in [-0.25, -0.2) is 0 Å². The molecule has 0 aliphatic rings. The zero-order valence-electron chi connectivity index (χ0n) is 14.6. The van der Waals surface area contributed by atoms with Crippen LogP contribution < -0.4 is 0 Å². The normalized spacial score (nSPS) is 13.2. The largest absolute Gasteiger partial charge is 0.469 e. The third-order valence-corrected chi connectivity index (χ3v) is 3.62. The van der Waals surface area contributed by atoms with Crippen LogP contribution in [0.25, 0.3) is 0 Å². The standard InChI is InChI=1S/C16H28O6/c1-15(2,3)14(19)22-9-8-16(4,5)11(13(18)21-7)10-12(17)20-6/h11H,8-10H2,1-7H3. The van der Waals surface area contributed by atoms with E-state index < -0.39 is 28.7 Å². The van der Waals surface area contributed by atoms with Crippen LogP contribution >= 0.6 is 0 Å². The average molecular weight is 316 g/mol. The molecule has 1 unspecified atom stereocenters. The van der Waals surface area contributed by atoms with Crippen molar-refractivity contribution < 1.29 is 28.6 Å². The molecule has 0 aromatic rings. The van der Waals surface area contributed by atoms with Gasteiger partial charge in [-0.2, -0.15) is 0 Å². The van der Waals surface area contributed by atoms with E-state index in [0.29, 0.717) is 6.42 Å². The lowest BCUT2D eigenvalue weighted by molar-refractivity contribution is -0.158. The molecule has 0 fully saturated rings. The Morgan fingerprint density at radius 2 is 1.50 bits per heavy atom. The predicted octanol–water partition coefficient (Wildman–Crippen LogP) is 2.34. The van der Waals surface area contributed by atoms with E-state index in [2.05, 4.69) is 4.74 Å². The van der Waals surface area contributed by atoms with Gasteiger partial charge in [0, 0.05) is 0 Å². The zero-order valence-corrected chi connectivity index (χ0v) is 14.6. The Hall–Kier alpha value is -1.59. The van der Waals surface area contributed by atoms with E-state index in [9.17, 15) is 14.4 Å². The third-order valence-electron chi connectivity index (χ3n) is 3.62. The topological polar surface area (TPSA) is 78.9 Å². The first-order valence-corrected chi connectivity index (χ1v) is 7.27. The Kier molecular flexibility index (Phi) is 7.56. The molecule has 0 saturated carbocycles. The summed E-state index contributed by atoms with van der Waals surface area (Å²) in [5.41, 5.74) is -1.14. The van der Waals surface area contributed by atoms with Crippen LogP contribution in [0, 0.1) is 16.7 Å². The highest BCUT2D eigenvalue weighted by Crippen LogP contribution is 2.34. The van der Waals surface area contributed by atoms with Crippen molar-refractivity contribution in [3.05, 3.63) is 0 Å². The van der Waals surface area contributed by atoms with Crippen molar-refractivity contribution in [2.24, 2.45) is 16.7 Å². The predicted molar refractivity (Wildman–Crippen MR) is 81.0 cm³/mol. The van der Waals surface area contributed by atoms with Gasteiger partial charge in [0.15, 0.2) is 0 Å². The molecule has 6 nitrogen and oxygen atoms in total. The van der Waals surface area contributed by atoms with Gasteiger partial charge in [-0.05, 0) is 32.6 Å². The van der Waals surface area contributed by atoms with Gasteiger partial charge >= 0.3 is 17.9 Å². The van der Waals surface area contributed by atoms with Crippen LogP contribution in [0.15, 0.2) is 0 Å². The molecule has 0 N–H and O–H groups in total. The van der Waals surface area contributed by atoms with E-state index >= 15 is 0 Å². The van der Waals surface area contributed by atoms with E-state index in [-0.39, 0.29) is 19.0 Å². The average Bonchev–Trinajstić information content (AvgIpc) is 2.41. The summed E-state index contributed by atoms with van der Waals surface area (Å²) < 4.78 is 14.6. The maximum atomic E-state index is 11.9. The molecule has 0 amide bonds. The van der Waals surface area contributed by atoms with Gasteiger partial charge in [0.05, 0.1) is 38.6 Å². The Morgan fingerprint density at radius 3 is 1.91 bits per heavy atom. The first-order valence-electron chi connectivity index (χ1n) is 7.27. The molecular formula is C16H28O6. The second-order valence-corrected chi connectivity index (χ2v) is 6.98. The van der Waals surface area contributed by atoms with Crippen molar-refractivity contribution in [3.8, 4) is 0 Å². The minimum atomic E-state index is -0.654. The molecule has 0 bridgehead atoms. The molecular weight excluding hydrogens is 288 g/mol. The van der Waals surface area contributed by atoms with Crippen molar-refractivity contribution in [2.45, 2.75) is 47.5 Å². The molecule has 0 rings (SSSR count). The first-order chi connectivity index (χ1) is 9.95. The van der Waals surface area contributed by atoms with Gasteiger partial charge in [0.2, 0.25) is 0 Å². The number of hydrogen-bond acceptors (Lipinski definition) is 6. The summed E-state index contributed by atoms with van der Waals surface area (Å²) in [6, 6.07) is 0. The van der Waals surface area contributed by atoms with Crippen LogP contribution in [0.2, 0.25) is 0 Å². The summed E-state index contributed by atoms with van der Waals surface area (Å²) in [5.74, 6) is -1.91. The molecule has 0 heterocycles. The second-order valence-electron chi connectivity index (χ2n) is 6.98. The maximum Gasteiger partial charge on any atom is 0.311 e. The smallest absolute Gasteiger partial charge is 0.311 e. The fourth-order valence-corrected chi connectivity index (χ4v) is 1.87. The lowest BCUT2D eigenvalue weighted by Crippen LogP contribution is -2.35. The fourth-order valence-electron chi connectivity index (χ4n) is 1.87.